The molecule has 2 aromatic carbocycles. The molecule has 4 atom stereocenters. The molecule has 0 spiro atoms. The highest BCUT2D eigenvalue weighted by Crippen LogP contribution is 2.55. The number of hydrogen-bond acceptors (Lipinski definition) is 8. The molecule has 0 unspecified atom stereocenters. The van der Waals surface area contributed by atoms with Crippen molar-refractivity contribution in [2.75, 3.05) is 37.7 Å². The Morgan fingerprint density at radius 2 is 1.64 bits per heavy atom. The number of aromatic nitrogens is 3. The second-order valence-corrected chi connectivity index (χ2v) is 15.7. The topological polar surface area (TPSA) is 75.6 Å². The first kappa shape index (κ1) is 40.7. The Hall–Kier alpha value is -4.10. The van der Waals surface area contributed by atoms with Crippen LogP contribution in [0.4, 0.5) is 54.1 Å². The van der Waals surface area contributed by atoms with Gasteiger partial charge in [0, 0.05) is 36.8 Å². The van der Waals surface area contributed by atoms with Crippen LogP contribution < -0.4 is 15.0 Å². The Balaban J connectivity index is 1.16. The normalized spacial score (nSPS) is 24.4. The van der Waals surface area contributed by atoms with Crippen molar-refractivity contribution in [1.82, 2.24) is 25.2 Å². The van der Waals surface area contributed by atoms with Gasteiger partial charge in [-0.05, 0) is 80.8 Å². The van der Waals surface area contributed by atoms with E-state index in [1.807, 2.05) is 6.92 Å². The third-order valence-corrected chi connectivity index (χ3v) is 12.5. The van der Waals surface area contributed by atoms with Gasteiger partial charge in [-0.15, -0.1) is 0 Å². The Morgan fingerprint density at radius 3 is 2.34 bits per heavy atom. The summed E-state index contributed by atoms with van der Waals surface area (Å²) >= 11 is 0. The zero-order valence-corrected chi connectivity index (χ0v) is 31.3. The molecule has 0 amide bonds. The van der Waals surface area contributed by atoms with Gasteiger partial charge in [-0.25, -0.2) is 13.8 Å². The number of nitrogens with one attached hydrogen (secondary N) is 1. The van der Waals surface area contributed by atoms with Crippen LogP contribution >= 0.6 is 0 Å². The van der Waals surface area contributed by atoms with Crippen LogP contribution in [0.1, 0.15) is 56.7 Å². The number of hydrogen-bond donors (Lipinski definition) is 1. The molecule has 4 aliphatic rings. The fraction of sp³-hybridized carbons (Fsp3) is 0.564. The third-order valence-electron chi connectivity index (χ3n) is 12.5. The van der Waals surface area contributed by atoms with Crippen LogP contribution in [0.2, 0.25) is 0 Å². The van der Waals surface area contributed by atoms with Gasteiger partial charge in [-0.1, -0.05) is 31.2 Å². The van der Waals surface area contributed by atoms with Crippen LogP contribution in [0.15, 0.2) is 30.3 Å². The number of rotatable bonds is 8. The van der Waals surface area contributed by atoms with Gasteiger partial charge in [-0.2, -0.15) is 49.5 Å². The Kier molecular flexibility index (Phi) is 10.0. The molecular formula is C39H39F11N6O2. The molecule has 6 heterocycles. The van der Waals surface area contributed by atoms with Gasteiger partial charge in [0.05, 0.1) is 23.2 Å². The summed E-state index contributed by atoms with van der Waals surface area (Å²) in [6, 6.07) is 6.63. The third kappa shape index (κ3) is 6.40. The fourth-order valence-electron chi connectivity index (χ4n) is 9.46. The van der Waals surface area contributed by atoms with Gasteiger partial charge in [0.1, 0.15) is 29.5 Å². The standard InChI is InChI=1S/C39H39F11N6O2/c1-3-22-17-55-23(16-51-22)9-11-27-29-32(30(41)31(52-27)25-7-4-6-21-8-10-26(40)20(2)28(21)25)53-34(54-33(29)55)57-19-35-13-5-15-56(35)24(12-14-35)18-58-36(37(42,43)44,38(45,46)47)39(48,49)50/h4,6-8,10,22-24,51H,3,5,9,11-19H2,1-2H3/t22-,23-,24+,35+/m1/s1. The molecule has 58 heavy (non-hydrogen) atoms. The van der Waals surface area contributed by atoms with Crippen molar-refractivity contribution >= 4 is 27.5 Å². The summed E-state index contributed by atoms with van der Waals surface area (Å²) in [5.74, 6) is -0.891. The molecule has 1 N–H and O–H groups in total. The van der Waals surface area contributed by atoms with Crippen LogP contribution in [0.3, 0.4) is 0 Å². The van der Waals surface area contributed by atoms with E-state index in [-0.39, 0.29) is 55.3 Å². The summed E-state index contributed by atoms with van der Waals surface area (Å²) in [4.78, 5) is 17.8. The summed E-state index contributed by atoms with van der Waals surface area (Å²) in [5, 5.41) is 5.07. The molecule has 4 aliphatic heterocycles. The lowest BCUT2D eigenvalue weighted by Gasteiger charge is -2.40. The maximum Gasteiger partial charge on any atom is 0.435 e. The lowest BCUT2D eigenvalue weighted by molar-refractivity contribution is -0.458. The number of alkyl halides is 9. The Labute approximate surface area is 325 Å². The van der Waals surface area contributed by atoms with E-state index < -0.39 is 54.0 Å². The average molecular weight is 833 g/mol. The first-order valence-corrected chi connectivity index (χ1v) is 19.1. The number of nitrogens with zero attached hydrogens (tertiary/aromatic N) is 5. The van der Waals surface area contributed by atoms with Crippen LogP contribution in [0, 0.1) is 18.6 Å². The van der Waals surface area contributed by atoms with E-state index in [1.165, 1.54) is 11.0 Å². The minimum atomic E-state index is -6.84. The maximum absolute atomic E-state index is 17.2. The fourth-order valence-corrected chi connectivity index (χ4v) is 9.46. The molecule has 0 saturated carbocycles. The van der Waals surface area contributed by atoms with Crippen LogP contribution in [-0.2, 0) is 11.2 Å². The van der Waals surface area contributed by atoms with Crippen molar-refractivity contribution in [3.05, 3.63) is 53.2 Å². The predicted octanol–water partition coefficient (Wildman–Crippen LogP) is 8.75. The van der Waals surface area contributed by atoms with E-state index in [1.54, 1.807) is 31.2 Å². The lowest BCUT2D eigenvalue weighted by Crippen LogP contribution is -2.68. The Bertz CT molecular complexity index is 2200. The minimum Gasteiger partial charge on any atom is -0.461 e. The number of halogens is 11. The summed E-state index contributed by atoms with van der Waals surface area (Å²) < 4.78 is 165. The van der Waals surface area contributed by atoms with Gasteiger partial charge >= 0.3 is 30.1 Å². The van der Waals surface area contributed by atoms with Crippen LogP contribution in [0.5, 0.6) is 6.01 Å². The molecule has 19 heteroatoms. The SMILES string of the molecule is CC[C@@H]1CN2c3nc(OC[C@@]45CCCN4[C@H](COC(C(F)(F)F)(C(F)(F)F)C(F)(F)F)CC5)nc4c(F)c(-c5cccc6ccc(F)c(C)c56)nc(c34)CC[C@@H]2CN1. The molecular weight excluding hydrogens is 793 g/mol. The molecule has 0 radical (unpaired) electrons. The van der Waals surface area contributed by atoms with Crippen molar-refractivity contribution in [2.24, 2.45) is 0 Å². The molecule has 4 aromatic rings. The minimum absolute atomic E-state index is 0.0475. The van der Waals surface area contributed by atoms with E-state index in [0.29, 0.717) is 77.6 Å². The summed E-state index contributed by atoms with van der Waals surface area (Å²) in [6.45, 7) is 3.16. The van der Waals surface area contributed by atoms with Gasteiger partial charge in [0.25, 0.3) is 0 Å². The van der Waals surface area contributed by atoms with E-state index in [0.717, 1.165) is 6.42 Å². The zero-order valence-electron chi connectivity index (χ0n) is 31.3. The monoisotopic (exact) mass is 832 g/mol. The number of pyridine rings is 1. The highest BCUT2D eigenvalue weighted by atomic mass is 19.4. The van der Waals surface area contributed by atoms with Crippen molar-refractivity contribution in [2.45, 2.75) is 107 Å². The first-order valence-electron chi connectivity index (χ1n) is 19.1. The van der Waals surface area contributed by atoms with E-state index in [2.05, 4.69) is 19.9 Å². The average Bonchev–Trinajstić information content (AvgIpc) is 3.68. The van der Waals surface area contributed by atoms with Crippen LogP contribution in [-0.4, -0.2) is 100 Å². The molecule has 2 aromatic heterocycles. The van der Waals surface area contributed by atoms with Crippen molar-refractivity contribution in [1.29, 1.82) is 0 Å². The van der Waals surface area contributed by atoms with E-state index in [4.69, 9.17) is 14.7 Å². The number of piperazine rings is 1. The molecule has 314 valence electrons. The first-order chi connectivity index (χ1) is 27.3. The molecule has 0 aliphatic carbocycles. The van der Waals surface area contributed by atoms with Gasteiger partial charge in [-0.3, -0.25) is 4.90 Å². The number of benzene rings is 2. The smallest absolute Gasteiger partial charge is 0.435 e. The largest absolute Gasteiger partial charge is 0.461 e. The number of aryl methyl sites for hydroxylation is 2. The number of fused-ring (bicyclic) bond motifs is 4. The highest BCUT2D eigenvalue weighted by Gasteiger charge is 2.85. The van der Waals surface area contributed by atoms with Gasteiger partial charge in [0.15, 0.2) is 5.82 Å². The zero-order chi connectivity index (χ0) is 41.6. The molecule has 0 bridgehead atoms. The maximum atomic E-state index is 17.2. The number of anilines is 1. The second-order valence-electron chi connectivity index (χ2n) is 15.7. The molecule has 8 nitrogen and oxygen atoms in total. The van der Waals surface area contributed by atoms with E-state index >= 15 is 4.39 Å². The lowest BCUT2D eigenvalue weighted by atomic mass is 9.95. The summed E-state index contributed by atoms with van der Waals surface area (Å²) in [5.41, 5.74) is -6.33. The highest BCUT2D eigenvalue weighted by molar-refractivity contribution is 6.01. The van der Waals surface area contributed by atoms with Crippen LogP contribution in [0.25, 0.3) is 32.9 Å². The second kappa shape index (κ2) is 14.3. The van der Waals surface area contributed by atoms with Crippen molar-refractivity contribution in [3.63, 3.8) is 0 Å². The summed E-state index contributed by atoms with van der Waals surface area (Å²) in [7, 11) is 0. The number of ether oxygens (including phenoxy) is 2. The molecule has 8 rings (SSSR count). The summed E-state index contributed by atoms with van der Waals surface area (Å²) in [6.07, 6.45) is -17.8. The quantitative estimate of drug-likeness (QED) is 0.177. The van der Waals surface area contributed by atoms with Crippen molar-refractivity contribution < 1.29 is 57.8 Å². The Morgan fingerprint density at radius 1 is 0.897 bits per heavy atom. The van der Waals surface area contributed by atoms with E-state index in [9.17, 15) is 43.9 Å². The van der Waals surface area contributed by atoms with Gasteiger partial charge < -0.3 is 19.7 Å². The molecule has 3 fully saturated rings. The predicted molar refractivity (Wildman–Crippen MR) is 191 cm³/mol. The molecule has 3 saturated heterocycles. The van der Waals surface area contributed by atoms with Crippen molar-refractivity contribution in [3.8, 4) is 17.3 Å². The van der Waals surface area contributed by atoms with Gasteiger partial charge in [0.2, 0.25) is 0 Å².